The number of aliphatic hydroxyl groups is 1. The fourth-order valence-corrected chi connectivity index (χ4v) is 13.5. The summed E-state index contributed by atoms with van der Waals surface area (Å²) in [7, 11) is -9.91. The van der Waals surface area contributed by atoms with Gasteiger partial charge in [-0.3, -0.25) is 37.3 Å². The molecule has 0 aliphatic carbocycles. The zero-order chi connectivity index (χ0) is 70.5. The molecule has 17 nitrogen and oxygen atoms in total. The first-order chi connectivity index (χ1) is 46.5. The Morgan fingerprint density at radius 2 is 0.479 bits per heavy atom. The lowest BCUT2D eigenvalue weighted by molar-refractivity contribution is -0.161. The van der Waals surface area contributed by atoms with Gasteiger partial charge < -0.3 is 33.8 Å². The molecule has 0 saturated heterocycles. The van der Waals surface area contributed by atoms with Gasteiger partial charge in [-0.05, 0) is 31.6 Å². The topological polar surface area (TPSA) is 237 Å². The van der Waals surface area contributed by atoms with Crippen molar-refractivity contribution in [3.8, 4) is 0 Å². The Labute approximate surface area is 588 Å². The second-order valence-corrected chi connectivity index (χ2v) is 31.1. The van der Waals surface area contributed by atoms with Gasteiger partial charge in [-0.25, -0.2) is 9.13 Å². The number of carbonyl (C=O) groups excluding carboxylic acids is 4. The van der Waals surface area contributed by atoms with Gasteiger partial charge >= 0.3 is 39.5 Å². The minimum Gasteiger partial charge on any atom is -0.462 e. The van der Waals surface area contributed by atoms with Crippen LogP contribution in [0.4, 0.5) is 0 Å². The zero-order valence-electron chi connectivity index (χ0n) is 62.5. The second-order valence-electron chi connectivity index (χ2n) is 28.2. The molecule has 0 aliphatic rings. The van der Waals surface area contributed by atoms with E-state index in [2.05, 4.69) is 34.6 Å². The van der Waals surface area contributed by atoms with Gasteiger partial charge in [0.1, 0.15) is 19.3 Å². The van der Waals surface area contributed by atoms with Crippen LogP contribution in [0.1, 0.15) is 407 Å². The normalized spacial score (nSPS) is 13.9. The smallest absolute Gasteiger partial charge is 0.462 e. The van der Waals surface area contributed by atoms with E-state index in [1.807, 2.05) is 0 Å². The summed E-state index contributed by atoms with van der Waals surface area (Å²) in [6, 6.07) is 0. The molecule has 0 heterocycles. The lowest BCUT2D eigenvalue weighted by Gasteiger charge is -2.21. The third-order valence-corrected chi connectivity index (χ3v) is 19.9. The molecule has 570 valence electrons. The minimum absolute atomic E-state index is 0.108. The van der Waals surface area contributed by atoms with E-state index in [1.165, 1.54) is 231 Å². The maximum atomic E-state index is 13.1. The highest BCUT2D eigenvalue weighted by Crippen LogP contribution is 2.45. The number of aliphatic hydroxyl groups excluding tert-OH is 1. The van der Waals surface area contributed by atoms with Gasteiger partial charge in [0.05, 0.1) is 26.4 Å². The van der Waals surface area contributed by atoms with Crippen molar-refractivity contribution in [2.75, 3.05) is 39.6 Å². The number of ether oxygens (including phenoxy) is 4. The number of rotatable bonds is 77. The molecule has 0 radical (unpaired) electrons. The van der Waals surface area contributed by atoms with Crippen LogP contribution in [-0.2, 0) is 65.4 Å². The van der Waals surface area contributed by atoms with Crippen LogP contribution < -0.4 is 0 Å². The highest BCUT2D eigenvalue weighted by atomic mass is 31.2. The average molecular weight is 1410 g/mol. The van der Waals surface area contributed by atoms with E-state index in [1.54, 1.807) is 0 Å². The first kappa shape index (κ1) is 94.1. The number of unbranched alkanes of at least 4 members (excludes halogenated alkanes) is 49. The fourth-order valence-electron chi connectivity index (χ4n) is 11.9. The largest absolute Gasteiger partial charge is 0.472 e. The van der Waals surface area contributed by atoms with Crippen LogP contribution in [0.3, 0.4) is 0 Å². The molecule has 0 saturated carbocycles. The third-order valence-electron chi connectivity index (χ3n) is 18.0. The van der Waals surface area contributed by atoms with Crippen molar-refractivity contribution in [2.24, 2.45) is 5.92 Å². The number of phosphoric acid groups is 2. The van der Waals surface area contributed by atoms with Gasteiger partial charge in [0.25, 0.3) is 0 Å². The van der Waals surface area contributed by atoms with Crippen molar-refractivity contribution in [3.05, 3.63) is 0 Å². The summed E-state index contributed by atoms with van der Waals surface area (Å²) in [5, 5.41) is 10.6. The Bertz CT molecular complexity index is 1840. The molecular formula is C77H150O17P2. The Morgan fingerprint density at radius 3 is 0.708 bits per heavy atom. The summed E-state index contributed by atoms with van der Waals surface area (Å²) in [5.74, 6) is -1.38. The number of phosphoric ester groups is 2. The Morgan fingerprint density at radius 1 is 0.281 bits per heavy atom. The van der Waals surface area contributed by atoms with Gasteiger partial charge in [0, 0.05) is 25.7 Å². The van der Waals surface area contributed by atoms with E-state index in [-0.39, 0.29) is 25.7 Å². The van der Waals surface area contributed by atoms with Crippen molar-refractivity contribution >= 4 is 39.5 Å². The predicted octanol–water partition coefficient (Wildman–Crippen LogP) is 22.9. The van der Waals surface area contributed by atoms with Crippen LogP contribution in [0.15, 0.2) is 0 Å². The van der Waals surface area contributed by atoms with Crippen molar-refractivity contribution < 1.29 is 80.2 Å². The zero-order valence-corrected chi connectivity index (χ0v) is 64.3. The van der Waals surface area contributed by atoms with Crippen LogP contribution in [0.5, 0.6) is 0 Å². The van der Waals surface area contributed by atoms with Gasteiger partial charge in [0.2, 0.25) is 0 Å². The molecule has 0 rings (SSSR count). The van der Waals surface area contributed by atoms with E-state index in [0.29, 0.717) is 25.7 Å². The molecule has 3 N–H and O–H groups in total. The predicted molar refractivity (Wildman–Crippen MR) is 391 cm³/mol. The van der Waals surface area contributed by atoms with Crippen molar-refractivity contribution in [3.63, 3.8) is 0 Å². The minimum atomic E-state index is -4.96. The SMILES string of the molecule is CCCCCCCCCCCCCCCCCC(=O)OC[C@H](COP(=O)(O)OC[C@@H](O)COP(=O)(O)OC[C@@H](COC(=O)CCCCCCCCCCC(C)C)OC(=O)CCCCCCCCCCCCCCCCC)OC(=O)CCCCCCCCCCCCCCCCC. The molecule has 0 spiro atoms. The quantitative estimate of drug-likeness (QED) is 0.0222. The molecule has 5 atom stereocenters. The van der Waals surface area contributed by atoms with Crippen molar-refractivity contribution in [1.29, 1.82) is 0 Å². The summed E-state index contributed by atoms with van der Waals surface area (Å²) in [6.45, 7) is 7.28. The van der Waals surface area contributed by atoms with E-state index >= 15 is 0 Å². The van der Waals surface area contributed by atoms with Gasteiger partial charge in [-0.2, -0.15) is 0 Å². The standard InChI is InChI=1S/C77H150O17P2/c1-6-9-12-15-18-21-24-27-30-33-36-39-45-50-55-60-74(79)87-66-72(93-76(81)62-57-52-47-40-37-34-31-28-25-22-19-16-13-10-7-2)68-91-95(83,84)89-64-71(78)65-90-96(85,86)92-69-73(67-88-75(80)61-56-51-46-43-42-44-49-54-59-70(4)5)94-77(82)63-58-53-48-41-38-35-32-29-26-23-20-17-14-11-8-3/h70-73,78H,6-69H2,1-5H3,(H,83,84)(H,85,86)/t71-,72-,73-/m1/s1. The summed E-state index contributed by atoms with van der Waals surface area (Å²) in [4.78, 5) is 72.9. The van der Waals surface area contributed by atoms with Crippen LogP contribution >= 0.6 is 15.6 Å². The van der Waals surface area contributed by atoms with Gasteiger partial charge in [-0.1, -0.05) is 356 Å². The summed E-state index contributed by atoms with van der Waals surface area (Å²) < 4.78 is 68.6. The molecule has 19 heteroatoms. The maximum absolute atomic E-state index is 13.1. The summed E-state index contributed by atoms with van der Waals surface area (Å²) >= 11 is 0. The highest BCUT2D eigenvalue weighted by molar-refractivity contribution is 7.47. The van der Waals surface area contributed by atoms with E-state index in [0.717, 1.165) is 95.8 Å². The summed E-state index contributed by atoms with van der Waals surface area (Å²) in [6.07, 6.45) is 59.5. The molecule has 2 unspecified atom stereocenters. The molecule has 0 aromatic carbocycles. The van der Waals surface area contributed by atoms with E-state index in [9.17, 15) is 43.2 Å². The first-order valence-electron chi connectivity index (χ1n) is 40.1. The molecule has 0 fully saturated rings. The molecule has 0 bridgehead atoms. The first-order valence-corrected chi connectivity index (χ1v) is 43.1. The van der Waals surface area contributed by atoms with Crippen molar-refractivity contribution in [1.82, 2.24) is 0 Å². The molecule has 0 aliphatic heterocycles. The maximum Gasteiger partial charge on any atom is 0.472 e. The average Bonchev–Trinajstić information content (AvgIpc) is 1.30. The molecular weight excluding hydrogens is 1260 g/mol. The lowest BCUT2D eigenvalue weighted by Crippen LogP contribution is -2.30. The molecule has 0 aromatic rings. The third kappa shape index (κ3) is 70.5. The van der Waals surface area contributed by atoms with Crippen LogP contribution in [-0.4, -0.2) is 96.7 Å². The highest BCUT2D eigenvalue weighted by Gasteiger charge is 2.30. The Balaban J connectivity index is 5.26. The number of hydrogen-bond donors (Lipinski definition) is 3. The van der Waals surface area contributed by atoms with Crippen LogP contribution in [0.2, 0.25) is 0 Å². The van der Waals surface area contributed by atoms with Crippen molar-refractivity contribution in [2.45, 2.75) is 425 Å². The van der Waals surface area contributed by atoms with Gasteiger partial charge in [-0.15, -0.1) is 0 Å². The Kier molecular flexibility index (Phi) is 68.7. The van der Waals surface area contributed by atoms with Gasteiger partial charge in [0.15, 0.2) is 12.2 Å². The fraction of sp³-hybridized carbons (Fsp3) is 0.948. The van der Waals surface area contributed by atoms with E-state index in [4.69, 9.17) is 37.0 Å². The van der Waals surface area contributed by atoms with Crippen LogP contribution in [0, 0.1) is 5.92 Å². The number of hydrogen-bond acceptors (Lipinski definition) is 15. The monoisotopic (exact) mass is 1410 g/mol. The number of carbonyl (C=O) groups is 4. The van der Waals surface area contributed by atoms with Crippen LogP contribution in [0.25, 0.3) is 0 Å². The Hall–Kier alpha value is -1.94. The molecule has 96 heavy (non-hydrogen) atoms. The number of esters is 4. The molecule has 0 aromatic heterocycles. The summed E-state index contributed by atoms with van der Waals surface area (Å²) in [5.41, 5.74) is 0. The molecule has 0 amide bonds. The second kappa shape index (κ2) is 70.1. The lowest BCUT2D eigenvalue weighted by atomic mass is 10.0. The van der Waals surface area contributed by atoms with E-state index < -0.39 is 97.5 Å².